The maximum atomic E-state index is 12.5. The molecule has 0 aliphatic carbocycles. The molecule has 1 N–H and O–H groups in total. The van der Waals surface area contributed by atoms with Crippen molar-refractivity contribution in [3.8, 4) is 0 Å². The molecule has 2 fully saturated rings. The molecule has 0 saturated carbocycles. The van der Waals surface area contributed by atoms with E-state index < -0.39 is 10.0 Å². The molecule has 2 aliphatic heterocycles. The summed E-state index contributed by atoms with van der Waals surface area (Å²) in [4.78, 5) is 2.53. The van der Waals surface area contributed by atoms with Gasteiger partial charge in [-0.15, -0.1) is 0 Å². The average molecular weight is 345 g/mol. The lowest BCUT2D eigenvalue weighted by atomic mass is 10.1. The standard InChI is InChI=1S/C15H21ClN2O3S/c16-14-3-1-2-4-15(14)22(19,20)17-12-5-8-18(11-12)13-6-9-21-10-7-13/h1-4,12-13,17H,5-11H2. The summed E-state index contributed by atoms with van der Waals surface area (Å²) in [5.41, 5.74) is 0. The summed E-state index contributed by atoms with van der Waals surface area (Å²) in [6.07, 6.45) is 2.90. The van der Waals surface area contributed by atoms with Crippen LogP contribution < -0.4 is 4.72 Å². The van der Waals surface area contributed by atoms with E-state index in [-0.39, 0.29) is 16.0 Å². The normalized spacial score (nSPS) is 24.7. The van der Waals surface area contributed by atoms with E-state index in [0.29, 0.717) is 6.04 Å². The van der Waals surface area contributed by atoms with E-state index in [2.05, 4.69) is 9.62 Å². The lowest BCUT2D eigenvalue weighted by Crippen LogP contribution is -2.41. The molecule has 2 aliphatic rings. The van der Waals surface area contributed by atoms with Crippen LogP contribution in [0.4, 0.5) is 0 Å². The fraction of sp³-hybridized carbons (Fsp3) is 0.600. The summed E-state index contributed by atoms with van der Waals surface area (Å²) < 4.78 is 33.1. The molecular weight excluding hydrogens is 324 g/mol. The summed E-state index contributed by atoms with van der Waals surface area (Å²) in [7, 11) is -3.56. The van der Waals surface area contributed by atoms with Crippen LogP contribution in [0, 0.1) is 0 Å². The van der Waals surface area contributed by atoms with Gasteiger partial charge in [0.05, 0.1) is 5.02 Å². The highest BCUT2D eigenvalue weighted by molar-refractivity contribution is 7.89. The zero-order valence-electron chi connectivity index (χ0n) is 12.4. The number of likely N-dealkylation sites (tertiary alicyclic amines) is 1. The lowest BCUT2D eigenvalue weighted by molar-refractivity contribution is 0.0418. The number of hydrogen-bond acceptors (Lipinski definition) is 4. The second-order valence-corrected chi connectivity index (χ2v) is 7.97. The van der Waals surface area contributed by atoms with Gasteiger partial charge in [0.2, 0.25) is 10.0 Å². The Labute approximate surface area is 136 Å². The van der Waals surface area contributed by atoms with Crippen molar-refractivity contribution in [3.63, 3.8) is 0 Å². The summed E-state index contributed by atoms with van der Waals surface area (Å²) in [6, 6.07) is 7.01. The van der Waals surface area contributed by atoms with Crippen molar-refractivity contribution in [2.45, 2.75) is 36.2 Å². The molecule has 0 spiro atoms. The third kappa shape index (κ3) is 3.63. The number of halogens is 1. The fourth-order valence-corrected chi connectivity index (χ4v) is 4.99. The van der Waals surface area contributed by atoms with Crippen LogP contribution in [0.2, 0.25) is 5.02 Å². The number of nitrogens with one attached hydrogen (secondary N) is 1. The van der Waals surface area contributed by atoms with Gasteiger partial charge in [0.1, 0.15) is 4.90 Å². The summed E-state index contributed by atoms with van der Waals surface area (Å²) in [5, 5.41) is 0.259. The van der Waals surface area contributed by atoms with Gasteiger partial charge < -0.3 is 4.74 Å². The molecule has 22 heavy (non-hydrogen) atoms. The number of sulfonamides is 1. The number of benzene rings is 1. The van der Waals surface area contributed by atoms with E-state index in [1.54, 1.807) is 18.2 Å². The topological polar surface area (TPSA) is 58.6 Å². The molecule has 0 amide bonds. The van der Waals surface area contributed by atoms with Crippen LogP contribution in [0.25, 0.3) is 0 Å². The first kappa shape index (κ1) is 16.2. The van der Waals surface area contributed by atoms with Gasteiger partial charge >= 0.3 is 0 Å². The number of rotatable bonds is 4. The first-order valence-electron chi connectivity index (χ1n) is 7.65. The molecule has 5 nitrogen and oxygen atoms in total. The third-order valence-electron chi connectivity index (χ3n) is 4.37. The van der Waals surface area contributed by atoms with Crippen molar-refractivity contribution >= 4 is 21.6 Å². The van der Waals surface area contributed by atoms with Crippen LogP contribution in [-0.2, 0) is 14.8 Å². The highest BCUT2D eigenvalue weighted by atomic mass is 35.5. The van der Waals surface area contributed by atoms with Crippen LogP contribution in [0.15, 0.2) is 29.2 Å². The Morgan fingerprint density at radius 2 is 1.91 bits per heavy atom. The van der Waals surface area contributed by atoms with Crippen LogP contribution in [0.3, 0.4) is 0 Å². The van der Waals surface area contributed by atoms with Crippen molar-refractivity contribution in [1.29, 1.82) is 0 Å². The number of nitrogens with zero attached hydrogens (tertiary/aromatic N) is 1. The van der Waals surface area contributed by atoms with E-state index in [4.69, 9.17) is 16.3 Å². The zero-order chi connectivity index (χ0) is 15.6. The Morgan fingerprint density at radius 1 is 1.18 bits per heavy atom. The monoisotopic (exact) mass is 344 g/mol. The second kappa shape index (κ2) is 6.84. The van der Waals surface area contributed by atoms with Crippen LogP contribution in [0.5, 0.6) is 0 Å². The van der Waals surface area contributed by atoms with E-state index in [9.17, 15) is 8.42 Å². The van der Waals surface area contributed by atoms with Crippen LogP contribution >= 0.6 is 11.6 Å². The zero-order valence-corrected chi connectivity index (χ0v) is 13.9. The summed E-state index contributed by atoms with van der Waals surface area (Å²) in [6.45, 7) is 3.29. The third-order valence-corrected chi connectivity index (χ3v) is 6.40. The molecule has 1 aromatic rings. The van der Waals surface area contributed by atoms with Crippen LogP contribution in [0.1, 0.15) is 19.3 Å². The first-order chi connectivity index (χ1) is 10.6. The van der Waals surface area contributed by atoms with Gasteiger partial charge in [-0.05, 0) is 31.4 Å². The Hall–Kier alpha value is -0.660. The minimum atomic E-state index is -3.56. The van der Waals surface area contributed by atoms with Gasteiger partial charge in [-0.3, -0.25) is 4.90 Å². The Balaban J connectivity index is 1.63. The number of ether oxygens (including phenoxy) is 1. The lowest BCUT2D eigenvalue weighted by Gasteiger charge is -2.31. The minimum Gasteiger partial charge on any atom is -0.381 e. The van der Waals surface area contributed by atoms with Crippen molar-refractivity contribution in [3.05, 3.63) is 29.3 Å². The maximum absolute atomic E-state index is 12.5. The van der Waals surface area contributed by atoms with Crippen molar-refractivity contribution in [2.75, 3.05) is 26.3 Å². The smallest absolute Gasteiger partial charge is 0.242 e. The van der Waals surface area contributed by atoms with Gasteiger partial charge in [0.15, 0.2) is 0 Å². The first-order valence-corrected chi connectivity index (χ1v) is 9.51. The van der Waals surface area contributed by atoms with Gasteiger partial charge in [-0.2, -0.15) is 0 Å². The Morgan fingerprint density at radius 3 is 2.64 bits per heavy atom. The van der Waals surface area contributed by atoms with Crippen molar-refractivity contribution in [1.82, 2.24) is 9.62 Å². The highest BCUT2D eigenvalue weighted by Gasteiger charge is 2.32. The number of hydrogen-bond donors (Lipinski definition) is 1. The van der Waals surface area contributed by atoms with E-state index in [1.165, 1.54) is 6.07 Å². The molecule has 2 heterocycles. The highest BCUT2D eigenvalue weighted by Crippen LogP contribution is 2.24. The van der Waals surface area contributed by atoms with E-state index in [0.717, 1.165) is 45.6 Å². The Kier molecular flexibility index (Phi) is 5.04. The van der Waals surface area contributed by atoms with Gasteiger partial charge in [-0.1, -0.05) is 23.7 Å². The predicted molar refractivity (Wildman–Crippen MR) is 85.6 cm³/mol. The van der Waals surface area contributed by atoms with Crippen LogP contribution in [-0.4, -0.2) is 51.7 Å². The van der Waals surface area contributed by atoms with Crippen molar-refractivity contribution in [2.24, 2.45) is 0 Å². The molecule has 0 bridgehead atoms. The van der Waals surface area contributed by atoms with Gasteiger partial charge in [0, 0.05) is 38.4 Å². The second-order valence-electron chi connectivity index (χ2n) is 5.88. The molecule has 3 rings (SSSR count). The SMILES string of the molecule is O=S(=O)(NC1CCN(C2CCOCC2)C1)c1ccccc1Cl. The van der Waals surface area contributed by atoms with E-state index >= 15 is 0 Å². The molecule has 0 radical (unpaired) electrons. The maximum Gasteiger partial charge on any atom is 0.242 e. The summed E-state index contributed by atoms with van der Waals surface area (Å²) in [5.74, 6) is 0. The molecule has 1 unspecified atom stereocenters. The molecular formula is C15H21ClN2O3S. The largest absolute Gasteiger partial charge is 0.381 e. The molecule has 0 aromatic heterocycles. The molecule has 2 saturated heterocycles. The average Bonchev–Trinajstić information content (AvgIpc) is 2.96. The summed E-state index contributed by atoms with van der Waals surface area (Å²) >= 11 is 6.00. The molecule has 1 aromatic carbocycles. The van der Waals surface area contributed by atoms with Gasteiger partial charge in [0.25, 0.3) is 0 Å². The fourth-order valence-electron chi connectivity index (χ4n) is 3.21. The molecule has 1 atom stereocenters. The predicted octanol–water partition coefficient (Wildman–Crippen LogP) is 1.87. The van der Waals surface area contributed by atoms with Crippen molar-refractivity contribution < 1.29 is 13.2 Å². The minimum absolute atomic E-state index is 0.0517. The quantitative estimate of drug-likeness (QED) is 0.906. The molecule has 122 valence electrons. The Bertz CT molecular complexity index is 617. The molecule has 7 heteroatoms. The van der Waals surface area contributed by atoms with Gasteiger partial charge in [-0.25, -0.2) is 13.1 Å². The van der Waals surface area contributed by atoms with E-state index in [1.807, 2.05) is 0 Å².